The van der Waals surface area contributed by atoms with Crippen molar-refractivity contribution >= 4 is 33.3 Å². The minimum atomic E-state index is 0.396. The maximum atomic E-state index is 4.63. The van der Waals surface area contributed by atoms with Crippen LogP contribution in [0.5, 0.6) is 0 Å². The minimum Gasteiger partial charge on any atom is -0.367 e. The minimum absolute atomic E-state index is 0.396. The summed E-state index contributed by atoms with van der Waals surface area (Å²) in [4.78, 5) is 11.5. The number of nitrogens with zero attached hydrogens (tertiary/aromatic N) is 2. The summed E-state index contributed by atoms with van der Waals surface area (Å²) in [6.45, 7) is 11.7. The van der Waals surface area contributed by atoms with Crippen LogP contribution >= 0.6 is 11.3 Å². The predicted octanol–water partition coefficient (Wildman–Crippen LogP) is 4.28. The zero-order valence-corrected chi connectivity index (χ0v) is 13.8. The molecule has 0 fully saturated rings. The molecule has 2 aromatic rings. The number of fused-ring (bicyclic) bond motifs is 1. The number of rotatable bonds is 6. The van der Waals surface area contributed by atoms with Gasteiger partial charge in [-0.1, -0.05) is 20.3 Å². The monoisotopic (exact) mass is 292 g/mol. The first kappa shape index (κ1) is 15.0. The van der Waals surface area contributed by atoms with Crippen molar-refractivity contribution in [2.45, 2.75) is 47.1 Å². The van der Waals surface area contributed by atoms with Gasteiger partial charge in [-0.2, -0.15) is 4.98 Å². The predicted molar refractivity (Wildman–Crippen MR) is 88.9 cm³/mol. The summed E-state index contributed by atoms with van der Waals surface area (Å²) in [5.41, 5.74) is 0. The Morgan fingerprint density at radius 3 is 2.65 bits per heavy atom. The first-order valence-electron chi connectivity index (χ1n) is 7.33. The van der Waals surface area contributed by atoms with Crippen molar-refractivity contribution in [1.29, 1.82) is 0 Å². The van der Waals surface area contributed by atoms with E-state index in [2.05, 4.69) is 61.3 Å². The van der Waals surface area contributed by atoms with Crippen LogP contribution < -0.4 is 10.6 Å². The van der Waals surface area contributed by atoms with Gasteiger partial charge in [0.2, 0.25) is 5.95 Å². The van der Waals surface area contributed by atoms with Gasteiger partial charge in [-0.25, -0.2) is 4.98 Å². The number of anilines is 2. The van der Waals surface area contributed by atoms with Crippen LogP contribution in [-0.2, 0) is 0 Å². The van der Waals surface area contributed by atoms with Crippen LogP contribution in [0.2, 0.25) is 0 Å². The Balaban J connectivity index is 2.38. The van der Waals surface area contributed by atoms with Crippen molar-refractivity contribution in [2.24, 2.45) is 5.92 Å². The second kappa shape index (κ2) is 6.39. The molecule has 0 bridgehead atoms. The van der Waals surface area contributed by atoms with E-state index in [0.717, 1.165) is 29.0 Å². The molecule has 110 valence electrons. The number of thiophene rings is 1. The van der Waals surface area contributed by atoms with Crippen molar-refractivity contribution < 1.29 is 0 Å². The van der Waals surface area contributed by atoms with E-state index >= 15 is 0 Å². The van der Waals surface area contributed by atoms with E-state index in [4.69, 9.17) is 0 Å². The third kappa shape index (κ3) is 3.20. The lowest BCUT2D eigenvalue weighted by Gasteiger charge is -2.21. The fourth-order valence-electron chi connectivity index (χ4n) is 2.10. The Labute approximate surface area is 125 Å². The number of nitrogens with one attached hydrogen (secondary N) is 2. The van der Waals surface area contributed by atoms with E-state index in [1.807, 2.05) is 0 Å². The van der Waals surface area contributed by atoms with Crippen molar-refractivity contribution in [3.63, 3.8) is 0 Å². The van der Waals surface area contributed by atoms with Gasteiger partial charge in [0, 0.05) is 17.5 Å². The molecule has 0 radical (unpaired) electrons. The molecule has 2 unspecified atom stereocenters. The molecule has 0 aromatic carbocycles. The summed E-state index contributed by atoms with van der Waals surface area (Å²) in [5.74, 6) is 2.27. The molecular formula is C15H24N4S. The molecule has 2 atom stereocenters. The van der Waals surface area contributed by atoms with E-state index in [1.165, 1.54) is 4.88 Å². The second-order valence-electron chi connectivity index (χ2n) is 5.32. The van der Waals surface area contributed by atoms with Gasteiger partial charge in [0.25, 0.3) is 0 Å². The van der Waals surface area contributed by atoms with Crippen LogP contribution in [0.25, 0.3) is 10.2 Å². The highest BCUT2D eigenvalue weighted by Crippen LogP contribution is 2.30. The van der Waals surface area contributed by atoms with Crippen molar-refractivity contribution in [3.05, 3.63) is 10.9 Å². The van der Waals surface area contributed by atoms with Crippen LogP contribution in [0, 0.1) is 12.8 Å². The van der Waals surface area contributed by atoms with Crippen LogP contribution in [0.1, 0.15) is 39.0 Å². The Morgan fingerprint density at radius 1 is 1.25 bits per heavy atom. The smallest absolute Gasteiger partial charge is 0.226 e. The first-order chi connectivity index (χ1) is 9.55. The molecule has 5 heteroatoms. The summed E-state index contributed by atoms with van der Waals surface area (Å²) >= 11 is 1.72. The van der Waals surface area contributed by atoms with Gasteiger partial charge < -0.3 is 10.6 Å². The summed E-state index contributed by atoms with van der Waals surface area (Å²) in [6, 6.07) is 2.56. The maximum absolute atomic E-state index is 4.63. The third-order valence-electron chi connectivity index (χ3n) is 3.71. The molecule has 0 amide bonds. The van der Waals surface area contributed by atoms with Crippen LogP contribution in [0.4, 0.5) is 11.8 Å². The fraction of sp³-hybridized carbons (Fsp3) is 0.600. The number of aryl methyl sites for hydroxylation is 1. The number of hydrogen-bond donors (Lipinski definition) is 2. The molecular weight excluding hydrogens is 268 g/mol. The lowest BCUT2D eigenvalue weighted by Crippen LogP contribution is -2.24. The molecule has 0 aliphatic rings. The SMILES string of the molecule is CCNc1nc(NC(C)C(C)CC)c2cc(C)sc2n1. The first-order valence-corrected chi connectivity index (χ1v) is 8.15. The Kier molecular flexibility index (Phi) is 4.81. The largest absolute Gasteiger partial charge is 0.367 e. The Hall–Kier alpha value is -1.36. The van der Waals surface area contributed by atoms with Crippen molar-refractivity contribution in [2.75, 3.05) is 17.2 Å². The standard InChI is InChI=1S/C15H24N4S/c1-6-9(3)11(5)17-13-12-8-10(4)20-14(12)19-15(18-13)16-7-2/h8-9,11H,6-7H2,1-5H3,(H2,16,17,18,19). The average molecular weight is 292 g/mol. The summed E-state index contributed by atoms with van der Waals surface area (Å²) in [5, 5.41) is 7.90. The highest BCUT2D eigenvalue weighted by Gasteiger charge is 2.15. The Morgan fingerprint density at radius 2 is 2.00 bits per heavy atom. The molecule has 2 N–H and O–H groups in total. The van der Waals surface area contributed by atoms with Gasteiger partial charge in [-0.15, -0.1) is 11.3 Å². The highest BCUT2D eigenvalue weighted by molar-refractivity contribution is 7.18. The normalized spacial score (nSPS) is 14.2. The van der Waals surface area contributed by atoms with Crippen LogP contribution in [0.15, 0.2) is 6.07 Å². The molecule has 0 aliphatic heterocycles. The van der Waals surface area contributed by atoms with Gasteiger partial charge >= 0.3 is 0 Å². The van der Waals surface area contributed by atoms with Gasteiger partial charge in [0.05, 0.1) is 5.39 Å². The van der Waals surface area contributed by atoms with Crippen LogP contribution in [-0.4, -0.2) is 22.6 Å². The van der Waals surface area contributed by atoms with Gasteiger partial charge in [0.1, 0.15) is 10.6 Å². The lowest BCUT2D eigenvalue weighted by molar-refractivity contribution is 0.494. The molecule has 2 rings (SSSR count). The van der Waals surface area contributed by atoms with Gasteiger partial charge in [-0.05, 0) is 32.8 Å². The molecule has 2 aromatic heterocycles. The number of hydrogen-bond acceptors (Lipinski definition) is 5. The highest BCUT2D eigenvalue weighted by atomic mass is 32.1. The van der Waals surface area contributed by atoms with E-state index in [0.29, 0.717) is 17.9 Å². The van der Waals surface area contributed by atoms with Crippen LogP contribution in [0.3, 0.4) is 0 Å². The second-order valence-corrected chi connectivity index (χ2v) is 6.56. The zero-order valence-electron chi connectivity index (χ0n) is 12.9. The van der Waals surface area contributed by atoms with E-state index in [-0.39, 0.29) is 0 Å². The molecule has 4 nitrogen and oxygen atoms in total. The van der Waals surface area contributed by atoms with E-state index in [1.54, 1.807) is 11.3 Å². The molecule has 2 heterocycles. The molecule has 20 heavy (non-hydrogen) atoms. The fourth-order valence-corrected chi connectivity index (χ4v) is 2.98. The average Bonchev–Trinajstić information content (AvgIpc) is 2.78. The lowest BCUT2D eigenvalue weighted by atomic mass is 10.0. The summed E-state index contributed by atoms with van der Waals surface area (Å²) < 4.78 is 0. The van der Waals surface area contributed by atoms with Gasteiger partial charge in [-0.3, -0.25) is 0 Å². The summed E-state index contributed by atoms with van der Waals surface area (Å²) in [7, 11) is 0. The molecule has 0 saturated heterocycles. The van der Waals surface area contributed by atoms with E-state index in [9.17, 15) is 0 Å². The Bertz CT molecular complexity index is 579. The topological polar surface area (TPSA) is 49.8 Å². The maximum Gasteiger partial charge on any atom is 0.226 e. The number of aromatic nitrogens is 2. The molecule has 0 aliphatic carbocycles. The third-order valence-corrected chi connectivity index (χ3v) is 4.66. The summed E-state index contributed by atoms with van der Waals surface area (Å²) in [6.07, 6.45) is 1.16. The van der Waals surface area contributed by atoms with Gasteiger partial charge in [0.15, 0.2) is 0 Å². The van der Waals surface area contributed by atoms with Crippen molar-refractivity contribution in [3.8, 4) is 0 Å². The zero-order chi connectivity index (χ0) is 14.7. The molecule has 0 spiro atoms. The van der Waals surface area contributed by atoms with E-state index < -0.39 is 0 Å². The molecule has 0 saturated carbocycles. The van der Waals surface area contributed by atoms with Crippen molar-refractivity contribution in [1.82, 2.24) is 9.97 Å². The quantitative estimate of drug-likeness (QED) is 0.834.